The lowest BCUT2D eigenvalue weighted by atomic mass is 9.94. The average molecular weight is 505 g/mol. The third-order valence-electron chi connectivity index (χ3n) is 7.22. The molecule has 0 fully saturated rings. The fourth-order valence-corrected chi connectivity index (χ4v) is 5.51. The molecule has 2 heterocycles. The van der Waals surface area contributed by atoms with Crippen LogP contribution in [-0.2, 0) is 0 Å². The normalized spacial score (nSPS) is 11.1. The number of rotatable bonds is 4. The van der Waals surface area contributed by atoms with Gasteiger partial charge < -0.3 is 9.55 Å². The smallest absolute Gasteiger partial charge is 0.0540 e. The number of benzene rings is 5. The summed E-state index contributed by atoms with van der Waals surface area (Å²) in [6.07, 6.45) is 2.11. The first-order valence-electron chi connectivity index (χ1n) is 13.6. The van der Waals surface area contributed by atoms with Crippen LogP contribution in [0, 0.1) is 0 Å². The van der Waals surface area contributed by atoms with Crippen LogP contribution >= 0.6 is 0 Å². The summed E-state index contributed by atoms with van der Waals surface area (Å²) in [5.74, 6) is 0. The van der Waals surface area contributed by atoms with Gasteiger partial charge in [0.15, 0.2) is 0 Å². The second-order valence-electron chi connectivity index (χ2n) is 10.0. The van der Waals surface area contributed by atoms with Gasteiger partial charge in [0, 0.05) is 45.2 Å². The minimum absolute atomic E-state index is 0.491. The Morgan fingerprint density at radius 2 is 0.923 bits per heavy atom. The van der Waals surface area contributed by atoms with Gasteiger partial charge in [0.1, 0.15) is 0 Å². The molecular weight excluding hydrogens is 472 g/mol. The first kappa shape index (κ1) is 24.5. The van der Waals surface area contributed by atoms with Crippen LogP contribution in [0.1, 0.15) is 19.9 Å². The number of H-pyrrole nitrogens is 1. The molecule has 0 unspecified atom stereocenters. The largest absolute Gasteiger partial charge is 0.360 e. The van der Waals surface area contributed by atoms with Crippen molar-refractivity contribution in [3.05, 3.63) is 146 Å². The van der Waals surface area contributed by atoms with Gasteiger partial charge in [-0.3, -0.25) is 0 Å². The summed E-state index contributed by atoms with van der Waals surface area (Å²) >= 11 is 0. The molecule has 0 saturated heterocycles. The van der Waals surface area contributed by atoms with E-state index in [1.165, 1.54) is 49.6 Å². The van der Waals surface area contributed by atoms with E-state index in [2.05, 4.69) is 163 Å². The van der Waals surface area contributed by atoms with Crippen molar-refractivity contribution < 1.29 is 0 Å². The molecule has 2 nitrogen and oxygen atoms in total. The van der Waals surface area contributed by atoms with Crippen LogP contribution < -0.4 is 0 Å². The Hall–Kier alpha value is -4.82. The van der Waals surface area contributed by atoms with Crippen molar-refractivity contribution in [1.29, 1.82) is 0 Å². The fourth-order valence-electron chi connectivity index (χ4n) is 5.51. The number of fused-ring (bicyclic) bond motifs is 3. The van der Waals surface area contributed by atoms with E-state index >= 15 is 0 Å². The number of aromatic amines is 1. The van der Waals surface area contributed by atoms with Gasteiger partial charge in [0.05, 0.1) is 5.69 Å². The number of aromatic nitrogens is 2. The molecule has 0 aliphatic carbocycles. The van der Waals surface area contributed by atoms with Crippen LogP contribution in [0.2, 0.25) is 0 Å². The highest BCUT2D eigenvalue weighted by Crippen LogP contribution is 2.39. The van der Waals surface area contributed by atoms with Crippen LogP contribution in [0.5, 0.6) is 0 Å². The Bertz CT molecular complexity index is 1700. The van der Waals surface area contributed by atoms with Gasteiger partial charge >= 0.3 is 0 Å². The summed E-state index contributed by atoms with van der Waals surface area (Å²) in [6, 6.07) is 49.3. The summed E-state index contributed by atoms with van der Waals surface area (Å²) in [7, 11) is 0. The predicted octanol–water partition coefficient (Wildman–Crippen LogP) is 10.4. The van der Waals surface area contributed by atoms with E-state index in [4.69, 9.17) is 0 Å². The molecule has 5 aromatic carbocycles. The number of nitrogens with one attached hydrogen (secondary N) is 1. The Morgan fingerprint density at radius 3 is 1.44 bits per heavy atom. The highest BCUT2D eigenvalue weighted by Gasteiger charge is 2.16. The lowest BCUT2D eigenvalue weighted by molar-refractivity contribution is 0.642. The quantitative estimate of drug-likeness (QED) is 0.246. The molecule has 0 bridgehead atoms. The number of nitrogens with zero attached hydrogens (tertiary/aromatic N) is 1. The van der Waals surface area contributed by atoms with Gasteiger partial charge in [-0.2, -0.15) is 0 Å². The maximum Gasteiger partial charge on any atom is 0.0540 e. The minimum atomic E-state index is 0.491. The van der Waals surface area contributed by atoms with Gasteiger partial charge in [-0.15, -0.1) is 0 Å². The monoisotopic (exact) mass is 504 g/mol. The third-order valence-corrected chi connectivity index (χ3v) is 7.22. The number of hydrogen-bond donors (Lipinski definition) is 1. The molecule has 1 N–H and O–H groups in total. The molecule has 39 heavy (non-hydrogen) atoms. The van der Waals surface area contributed by atoms with Crippen molar-refractivity contribution in [3.8, 4) is 33.5 Å². The predicted molar refractivity (Wildman–Crippen MR) is 167 cm³/mol. The summed E-state index contributed by atoms with van der Waals surface area (Å²) in [4.78, 5) is 3.49. The highest BCUT2D eigenvalue weighted by molar-refractivity contribution is 6.08. The molecule has 0 atom stereocenters. The van der Waals surface area contributed by atoms with E-state index in [0.29, 0.717) is 6.04 Å². The van der Waals surface area contributed by atoms with E-state index < -0.39 is 0 Å². The van der Waals surface area contributed by atoms with Crippen LogP contribution in [0.4, 0.5) is 0 Å². The van der Waals surface area contributed by atoms with E-state index in [1.54, 1.807) is 0 Å². The summed E-state index contributed by atoms with van der Waals surface area (Å²) in [5, 5.41) is 2.71. The molecular formula is C37H32N2. The first-order chi connectivity index (χ1) is 19.2. The molecule has 0 aliphatic heterocycles. The average Bonchev–Trinajstić information content (AvgIpc) is 3.59. The van der Waals surface area contributed by atoms with Crippen molar-refractivity contribution in [2.24, 2.45) is 0 Å². The highest BCUT2D eigenvalue weighted by atomic mass is 15.0. The molecule has 2 heteroatoms. The van der Waals surface area contributed by atoms with E-state index in [-0.39, 0.29) is 0 Å². The van der Waals surface area contributed by atoms with Crippen molar-refractivity contribution in [3.63, 3.8) is 0 Å². The standard InChI is InChI=1S/C22H17N.C15H15N/c1-4-10-17(11-5-1)20-16-23-22(19-14-8-3-9-15-19)21(20)18-12-6-2-7-13-18;1-11(2)16-14-9-5-3-7-12(14)13-8-4-6-10-15(13)16/h1-16,23H;3-11H,1-2H3. The van der Waals surface area contributed by atoms with Crippen LogP contribution in [0.25, 0.3) is 55.3 Å². The summed E-state index contributed by atoms with van der Waals surface area (Å²) < 4.78 is 2.41. The van der Waals surface area contributed by atoms with Crippen molar-refractivity contribution in [2.75, 3.05) is 0 Å². The zero-order valence-corrected chi connectivity index (χ0v) is 22.4. The van der Waals surface area contributed by atoms with Crippen molar-refractivity contribution >= 4 is 21.8 Å². The lowest BCUT2D eigenvalue weighted by Gasteiger charge is -2.10. The molecule has 190 valence electrons. The maximum atomic E-state index is 3.49. The maximum absolute atomic E-state index is 3.49. The van der Waals surface area contributed by atoms with Gasteiger partial charge in [0.25, 0.3) is 0 Å². The second-order valence-corrected chi connectivity index (χ2v) is 10.0. The van der Waals surface area contributed by atoms with Gasteiger partial charge in [-0.05, 0) is 42.7 Å². The lowest BCUT2D eigenvalue weighted by Crippen LogP contribution is -1.99. The summed E-state index contributed by atoms with van der Waals surface area (Å²) in [6.45, 7) is 4.47. The summed E-state index contributed by atoms with van der Waals surface area (Å²) in [5.41, 5.74) is 9.97. The van der Waals surface area contributed by atoms with Gasteiger partial charge in [0.2, 0.25) is 0 Å². The molecule has 0 spiro atoms. The number of para-hydroxylation sites is 2. The zero-order valence-electron chi connectivity index (χ0n) is 22.4. The van der Waals surface area contributed by atoms with E-state index in [0.717, 1.165) is 5.69 Å². The zero-order chi connectivity index (χ0) is 26.6. The fraction of sp³-hybridized carbons (Fsp3) is 0.0811. The van der Waals surface area contributed by atoms with Gasteiger partial charge in [-0.1, -0.05) is 127 Å². The Labute approximate surface area is 230 Å². The number of hydrogen-bond acceptors (Lipinski definition) is 0. The molecule has 0 radical (unpaired) electrons. The van der Waals surface area contributed by atoms with Crippen LogP contribution in [0.3, 0.4) is 0 Å². The first-order valence-corrected chi connectivity index (χ1v) is 13.6. The Balaban J connectivity index is 0.000000151. The topological polar surface area (TPSA) is 20.7 Å². The molecule has 0 saturated carbocycles. The third kappa shape index (κ3) is 4.78. The Morgan fingerprint density at radius 1 is 0.487 bits per heavy atom. The van der Waals surface area contributed by atoms with Crippen molar-refractivity contribution in [2.45, 2.75) is 19.9 Å². The molecule has 7 aromatic rings. The molecule has 7 rings (SSSR count). The van der Waals surface area contributed by atoms with Gasteiger partial charge in [-0.25, -0.2) is 0 Å². The molecule has 0 amide bonds. The second kappa shape index (κ2) is 10.9. The Kier molecular flexibility index (Phi) is 6.84. The SMILES string of the molecule is CC(C)n1c2ccccc2c2ccccc21.c1ccc(-c2c[nH]c(-c3ccccc3)c2-c2ccccc2)cc1. The van der Waals surface area contributed by atoms with E-state index in [9.17, 15) is 0 Å². The van der Waals surface area contributed by atoms with Crippen molar-refractivity contribution in [1.82, 2.24) is 9.55 Å². The molecule has 0 aliphatic rings. The van der Waals surface area contributed by atoms with Crippen LogP contribution in [0.15, 0.2) is 146 Å². The molecule has 2 aromatic heterocycles. The van der Waals surface area contributed by atoms with E-state index in [1.807, 2.05) is 6.07 Å². The van der Waals surface area contributed by atoms with Crippen LogP contribution in [-0.4, -0.2) is 9.55 Å². The minimum Gasteiger partial charge on any atom is -0.360 e.